The Morgan fingerprint density at radius 1 is 1.53 bits per heavy atom. The summed E-state index contributed by atoms with van der Waals surface area (Å²) in [7, 11) is 0. The first-order valence-electron chi connectivity index (χ1n) is 5.63. The van der Waals surface area contributed by atoms with Crippen LogP contribution in [0.5, 0.6) is 0 Å². The molecule has 1 unspecified atom stereocenters. The first kappa shape index (κ1) is 14.2. The fourth-order valence-electron chi connectivity index (χ4n) is 1.35. The second kappa shape index (κ2) is 6.16. The summed E-state index contributed by atoms with van der Waals surface area (Å²) in [6.45, 7) is 6.17. The van der Waals surface area contributed by atoms with Crippen molar-refractivity contribution in [1.29, 1.82) is 0 Å². The molecule has 1 amide bonds. The van der Waals surface area contributed by atoms with E-state index in [-0.39, 0.29) is 11.8 Å². The van der Waals surface area contributed by atoms with E-state index in [4.69, 9.17) is 5.11 Å². The van der Waals surface area contributed by atoms with Gasteiger partial charge in [0.25, 0.3) is 5.91 Å². The van der Waals surface area contributed by atoms with Gasteiger partial charge in [0.05, 0.1) is 16.3 Å². The number of rotatable bonds is 5. The normalized spacial score (nSPS) is 12.8. The average molecular weight is 304 g/mol. The van der Waals surface area contributed by atoms with Crippen molar-refractivity contribution in [2.75, 3.05) is 6.54 Å². The van der Waals surface area contributed by atoms with Gasteiger partial charge in [-0.1, -0.05) is 13.8 Å². The molecule has 0 spiro atoms. The van der Waals surface area contributed by atoms with Crippen LogP contribution >= 0.6 is 15.9 Å². The molecule has 17 heavy (non-hydrogen) atoms. The van der Waals surface area contributed by atoms with Gasteiger partial charge in [0.1, 0.15) is 0 Å². The van der Waals surface area contributed by atoms with Gasteiger partial charge in [-0.15, -0.1) is 0 Å². The number of nitrogens with zero attached hydrogens (tertiary/aromatic N) is 1. The number of hydrogen-bond acceptors (Lipinski definition) is 3. The van der Waals surface area contributed by atoms with Crippen LogP contribution in [0.3, 0.4) is 0 Å². The number of aliphatic hydroxyl groups is 1. The molecule has 0 aliphatic carbocycles. The number of aliphatic hydroxyl groups excluding tert-OH is 1. The van der Waals surface area contributed by atoms with Crippen molar-refractivity contribution in [1.82, 2.24) is 15.5 Å². The minimum atomic E-state index is -0.413. The Balaban J connectivity index is 2.63. The highest BCUT2D eigenvalue weighted by atomic mass is 79.9. The molecule has 1 heterocycles. The summed E-state index contributed by atoms with van der Waals surface area (Å²) in [6.07, 6.45) is 0.120. The quantitative estimate of drug-likeness (QED) is 0.776. The molecule has 0 saturated carbocycles. The molecule has 1 aromatic rings. The van der Waals surface area contributed by atoms with Crippen LogP contribution in [0.25, 0.3) is 0 Å². The van der Waals surface area contributed by atoms with E-state index in [9.17, 15) is 4.79 Å². The fourth-order valence-corrected chi connectivity index (χ4v) is 2.17. The third kappa shape index (κ3) is 3.81. The molecule has 0 radical (unpaired) electrons. The van der Waals surface area contributed by atoms with Crippen molar-refractivity contribution in [3.05, 3.63) is 15.9 Å². The van der Waals surface area contributed by atoms with Gasteiger partial charge in [-0.05, 0) is 35.2 Å². The predicted molar refractivity (Wildman–Crippen MR) is 69.0 cm³/mol. The summed E-state index contributed by atoms with van der Waals surface area (Å²) in [5, 5.41) is 18.6. The number of carbonyl (C=O) groups excluding carboxylic acids is 1. The Morgan fingerprint density at radius 3 is 2.65 bits per heavy atom. The first-order valence-corrected chi connectivity index (χ1v) is 6.42. The maximum Gasteiger partial charge on any atom is 0.272 e. The standard InChI is InChI=1S/C11H18BrN3O2/c1-6(2)9-8(12)10(15-14-9)11(17)13-5-4-7(3)16/h6-7,16H,4-5H2,1-3H3,(H,13,17)(H,14,15). The maximum absolute atomic E-state index is 11.8. The topological polar surface area (TPSA) is 78.0 Å². The highest BCUT2D eigenvalue weighted by Gasteiger charge is 2.18. The molecule has 0 aliphatic rings. The lowest BCUT2D eigenvalue weighted by molar-refractivity contribution is 0.0940. The van der Waals surface area contributed by atoms with Gasteiger partial charge in [0.15, 0.2) is 5.69 Å². The molecule has 6 heteroatoms. The van der Waals surface area contributed by atoms with Gasteiger partial charge >= 0.3 is 0 Å². The van der Waals surface area contributed by atoms with Crippen molar-refractivity contribution in [3.63, 3.8) is 0 Å². The van der Waals surface area contributed by atoms with Crippen molar-refractivity contribution in [3.8, 4) is 0 Å². The van der Waals surface area contributed by atoms with Crippen LogP contribution in [0.2, 0.25) is 0 Å². The molecule has 3 N–H and O–H groups in total. The smallest absolute Gasteiger partial charge is 0.272 e. The van der Waals surface area contributed by atoms with Crippen LogP contribution in [0.4, 0.5) is 0 Å². The van der Waals surface area contributed by atoms with Gasteiger partial charge in [0, 0.05) is 6.54 Å². The summed E-state index contributed by atoms with van der Waals surface area (Å²) < 4.78 is 0.710. The van der Waals surface area contributed by atoms with Crippen LogP contribution < -0.4 is 5.32 Å². The highest BCUT2D eigenvalue weighted by Crippen LogP contribution is 2.25. The SMILES string of the molecule is CC(O)CCNC(=O)c1n[nH]c(C(C)C)c1Br. The number of nitrogens with one attached hydrogen (secondary N) is 2. The van der Waals surface area contributed by atoms with Crippen LogP contribution in [-0.4, -0.2) is 33.9 Å². The summed E-state index contributed by atoms with van der Waals surface area (Å²) in [5.74, 6) is 0.0385. The molecule has 0 fully saturated rings. The highest BCUT2D eigenvalue weighted by molar-refractivity contribution is 9.10. The summed E-state index contributed by atoms with van der Waals surface area (Å²) in [4.78, 5) is 11.8. The number of aromatic nitrogens is 2. The van der Waals surface area contributed by atoms with E-state index in [1.54, 1.807) is 6.92 Å². The fraction of sp³-hybridized carbons (Fsp3) is 0.636. The number of carbonyl (C=O) groups is 1. The number of halogens is 1. The molecule has 5 nitrogen and oxygen atoms in total. The molecule has 1 atom stereocenters. The van der Waals surface area contributed by atoms with E-state index in [1.807, 2.05) is 13.8 Å². The van der Waals surface area contributed by atoms with Gasteiger partial charge < -0.3 is 10.4 Å². The molecule has 96 valence electrons. The number of aromatic amines is 1. The van der Waals surface area contributed by atoms with Gasteiger partial charge in [-0.25, -0.2) is 0 Å². The zero-order valence-electron chi connectivity index (χ0n) is 10.2. The minimum absolute atomic E-state index is 0.235. The van der Waals surface area contributed by atoms with Gasteiger partial charge in [-0.2, -0.15) is 5.10 Å². The lowest BCUT2D eigenvalue weighted by Crippen LogP contribution is -2.27. The van der Waals surface area contributed by atoms with Gasteiger partial charge in [0.2, 0.25) is 0 Å². The van der Waals surface area contributed by atoms with E-state index < -0.39 is 6.10 Å². The van der Waals surface area contributed by atoms with Crippen LogP contribution in [0, 0.1) is 0 Å². The molecule has 1 rings (SSSR count). The third-order valence-corrected chi connectivity index (χ3v) is 3.18. The Bertz CT molecular complexity index is 388. The van der Waals surface area contributed by atoms with Gasteiger partial charge in [-0.3, -0.25) is 9.89 Å². The van der Waals surface area contributed by atoms with Crippen molar-refractivity contribution >= 4 is 21.8 Å². The number of hydrogen-bond donors (Lipinski definition) is 3. The molecule has 0 saturated heterocycles. The van der Waals surface area contributed by atoms with Crippen molar-refractivity contribution < 1.29 is 9.90 Å². The molecule has 0 aromatic carbocycles. The molecule has 1 aromatic heterocycles. The zero-order valence-corrected chi connectivity index (χ0v) is 11.8. The zero-order chi connectivity index (χ0) is 13.0. The van der Waals surface area contributed by atoms with E-state index in [0.29, 0.717) is 23.1 Å². The lowest BCUT2D eigenvalue weighted by atomic mass is 10.1. The Kier molecular flexibility index (Phi) is 5.14. The van der Waals surface area contributed by atoms with E-state index >= 15 is 0 Å². The maximum atomic E-state index is 11.8. The predicted octanol–water partition coefficient (Wildman–Crippen LogP) is 1.80. The van der Waals surface area contributed by atoms with Crippen LogP contribution in [0.1, 0.15) is 49.3 Å². The van der Waals surface area contributed by atoms with Crippen LogP contribution in [0.15, 0.2) is 4.47 Å². The number of amides is 1. The minimum Gasteiger partial charge on any atom is -0.393 e. The summed E-state index contributed by atoms with van der Waals surface area (Å²) in [6, 6.07) is 0. The second-order valence-corrected chi connectivity index (χ2v) is 5.14. The average Bonchev–Trinajstić information content (AvgIpc) is 2.59. The van der Waals surface area contributed by atoms with E-state index in [0.717, 1.165) is 5.69 Å². The van der Waals surface area contributed by atoms with E-state index in [1.165, 1.54) is 0 Å². The Labute approximate surface area is 109 Å². The lowest BCUT2D eigenvalue weighted by Gasteiger charge is -2.05. The summed E-state index contributed by atoms with van der Waals surface area (Å²) >= 11 is 3.37. The Morgan fingerprint density at radius 2 is 2.18 bits per heavy atom. The number of H-pyrrole nitrogens is 1. The largest absolute Gasteiger partial charge is 0.393 e. The van der Waals surface area contributed by atoms with Crippen molar-refractivity contribution in [2.24, 2.45) is 0 Å². The summed E-state index contributed by atoms with van der Waals surface area (Å²) in [5.41, 5.74) is 1.27. The monoisotopic (exact) mass is 303 g/mol. The van der Waals surface area contributed by atoms with Crippen LogP contribution in [-0.2, 0) is 0 Å². The molecular formula is C11H18BrN3O2. The first-order chi connectivity index (χ1) is 7.93. The molecule has 0 aliphatic heterocycles. The molecular weight excluding hydrogens is 286 g/mol. The third-order valence-electron chi connectivity index (χ3n) is 2.37. The molecule has 0 bridgehead atoms. The Hall–Kier alpha value is -0.880. The van der Waals surface area contributed by atoms with Crippen molar-refractivity contribution in [2.45, 2.75) is 39.2 Å². The second-order valence-electron chi connectivity index (χ2n) is 4.35. The van der Waals surface area contributed by atoms with E-state index in [2.05, 4.69) is 31.4 Å².